The van der Waals surface area contributed by atoms with E-state index in [2.05, 4.69) is 10.00 Å². The average molecular weight is 397 g/mol. The first-order chi connectivity index (χ1) is 14.0. The quantitative estimate of drug-likeness (QED) is 0.665. The summed E-state index contributed by atoms with van der Waals surface area (Å²) in [6, 6.07) is 8.41. The molecule has 1 fully saturated rings. The minimum atomic E-state index is -0.976. The maximum absolute atomic E-state index is 14.0. The first kappa shape index (κ1) is 19.2. The molecule has 1 atom stereocenters. The number of anilines is 1. The second-order valence-electron chi connectivity index (χ2n) is 7.16. The summed E-state index contributed by atoms with van der Waals surface area (Å²) in [7, 11) is 0. The van der Waals surface area contributed by atoms with Crippen molar-refractivity contribution < 1.29 is 19.0 Å². The van der Waals surface area contributed by atoms with Gasteiger partial charge >= 0.3 is 5.97 Å². The van der Waals surface area contributed by atoms with Crippen LogP contribution in [-0.4, -0.2) is 33.8 Å². The lowest BCUT2D eigenvalue weighted by Gasteiger charge is -2.28. The molecule has 2 aromatic heterocycles. The number of halogens is 1. The molecule has 0 spiro atoms. The number of nitrogens with zero attached hydrogens (tertiary/aromatic N) is 3. The minimum absolute atomic E-state index is 0.0310. The van der Waals surface area contributed by atoms with E-state index in [9.17, 15) is 14.3 Å². The van der Waals surface area contributed by atoms with E-state index in [1.807, 2.05) is 26.0 Å². The Bertz CT molecular complexity index is 1060. The van der Waals surface area contributed by atoms with Gasteiger partial charge in [-0.2, -0.15) is 5.10 Å². The van der Waals surface area contributed by atoms with E-state index in [-0.39, 0.29) is 17.4 Å². The molecular formula is C22H24FN3O3. The normalized spacial score (nSPS) is 16.5. The summed E-state index contributed by atoms with van der Waals surface area (Å²) >= 11 is 0. The Morgan fingerprint density at radius 2 is 2.14 bits per heavy atom. The van der Waals surface area contributed by atoms with Gasteiger partial charge in [-0.1, -0.05) is 6.92 Å². The number of aryl methyl sites for hydroxylation is 1. The summed E-state index contributed by atoms with van der Waals surface area (Å²) in [4.78, 5) is 14.0. The third-order valence-electron chi connectivity index (χ3n) is 5.45. The molecule has 6 nitrogen and oxygen atoms in total. The predicted octanol–water partition coefficient (Wildman–Crippen LogP) is 4.47. The smallest absolute Gasteiger partial charge is 0.339 e. The first-order valence-electron chi connectivity index (χ1n) is 9.97. The number of pyridine rings is 1. The Labute approximate surface area is 168 Å². The van der Waals surface area contributed by atoms with Gasteiger partial charge in [0.05, 0.1) is 23.9 Å². The number of ether oxygens (including phenoxy) is 1. The van der Waals surface area contributed by atoms with E-state index >= 15 is 0 Å². The molecule has 4 rings (SSSR count). The van der Waals surface area contributed by atoms with Gasteiger partial charge in [-0.05, 0) is 56.5 Å². The largest absolute Gasteiger partial charge is 0.494 e. The van der Waals surface area contributed by atoms with Crippen LogP contribution in [0.5, 0.6) is 5.75 Å². The summed E-state index contributed by atoms with van der Waals surface area (Å²) in [6.45, 7) is 5.12. The van der Waals surface area contributed by atoms with Crippen LogP contribution < -0.4 is 9.64 Å². The molecule has 7 heteroatoms. The van der Waals surface area contributed by atoms with Crippen LogP contribution in [0.3, 0.4) is 0 Å². The van der Waals surface area contributed by atoms with E-state index in [0.29, 0.717) is 30.0 Å². The van der Waals surface area contributed by atoms with Crippen LogP contribution >= 0.6 is 0 Å². The van der Waals surface area contributed by atoms with Gasteiger partial charge in [-0.25, -0.2) is 13.7 Å². The number of aromatic carboxylic acids is 1. The van der Waals surface area contributed by atoms with Crippen LogP contribution in [0.25, 0.3) is 5.52 Å². The van der Waals surface area contributed by atoms with Crippen molar-refractivity contribution in [1.29, 1.82) is 0 Å². The number of fused-ring (bicyclic) bond motifs is 1. The fourth-order valence-corrected chi connectivity index (χ4v) is 4.21. The Balaban J connectivity index is 1.78. The van der Waals surface area contributed by atoms with Crippen LogP contribution in [0.15, 0.2) is 36.5 Å². The molecule has 0 amide bonds. The number of hydrogen-bond acceptors (Lipinski definition) is 4. The van der Waals surface area contributed by atoms with Crippen molar-refractivity contribution in [3.63, 3.8) is 0 Å². The topological polar surface area (TPSA) is 67.1 Å². The van der Waals surface area contributed by atoms with Crippen molar-refractivity contribution >= 4 is 17.2 Å². The summed E-state index contributed by atoms with van der Waals surface area (Å²) < 4.78 is 21.4. The standard InChI is InChI=1S/C22H24FN3O3/c1-3-17-21(22(27)28)19-13-15(9-11-26(19)24-17)25-10-5-6-18(25)16-12-14(23)7-8-20(16)29-4-2/h7-9,11-13,18H,3-6,10H2,1-2H3,(H,27,28)/t18-/m1/s1. The summed E-state index contributed by atoms with van der Waals surface area (Å²) in [6.07, 6.45) is 4.18. The SMILES string of the molecule is CCOc1ccc(F)cc1[C@H]1CCCN1c1ccn2nc(CC)c(C(=O)O)c2c1. The number of carboxylic acid groups (broad SMARTS) is 1. The van der Waals surface area contributed by atoms with Crippen molar-refractivity contribution in [2.45, 2.75) is 39.2 Å². The molecule has 3 aromatic rings. The molecule has 0 bridgehead atoms. The zero-order valence-corrected chi connectivity index (χ0v) is 16.6. The van der Waals surface area contributed by atoms with Gasteiger partial charge < -0.3 is 14.7 Å². The molecule has 1 aliphatic heterocycles. The van der Waals surface area contributed by atoms with Gasteiger partial charge in [-0.3, -0.25) is 0 Å². The summed E-state index contributed by atoms with van der Waals surface area (Å²) in [5.41, 5.74) is 3.10. The molecule has 0 aliphatic carbocycles. The second kappa shape index (κ2) is 7.73. The molecule has 0 radical (unpaired) electrons. The Hall–Kier alpha value is -3.09. The highest BCUT2D eigenvalue weighted by atomic mass is 19.1. The van der Waals surface area contributed by atoms with E-state index < -0.39 is 5.97 Å². The van der Waals surface area contributed by atoms with E-state index in [1.165, 1.54) is 6.07 Å². The molecule has 29 heavy (non-hydrogen) atoms. The molecule has 0 saturated carbocycles. The number of carbonyl (C=O) groups is 1. The molecule has 1 aliphatic rings. The maximum Gasteiger partial charge on any atom is 0.339 e. The Morgan fingerprint density at radius 1 is 1.31 bits per heavy atom. The highest BCUT2D eigenvalue weighted by molar-refractivity contribution is 5.97. The number of rotatable bonds is 6. The van der Waals surface area contributed by atoms with E-state index in [1.54, 1.807) is 22.8 Å². The molecule has 1 N–H and O–H groups in total. The van der Waals surface area contributed by atoms with Crippen molar-refractivity contribution in [3.8, 4) is 5.75 Å². The monoisotopic (exact) mass is 397 g/mol. The van der Waals surface area contributed by atoms with E-state index in [0.717, 1.165) is 30.6 Å². The van der Waals surface area contributed by atoms with Gasteiger partial charge in [0, 0.05) is 24.0 Å². The fraction of sp³-hybridized carbons (Fsp3) is 0.364. The predicted molar refractivity (Wildman–Crippen MR) is 108 cm³/mol. The van der Waals surface area contributed by atoms with Gasteiger partial charge in [0.1, 0.15) is 17.1 Å². The highest BCUT2D eigenvalue weighted by Crippen LogP contribution is 2.40. The number of carboxylic acids is 1. The lowest BCUT2D eigenvalue weighted by molar-refractivity contribution is 0.0698. The summed E-state index contributed by atoms with van der Waals surface area (Å²) in [5, 5.41) is 14.1. The maximum atomic E-state index is 14.0. The highest BCUT2D eigenvalue weighted by Gasteiger charge is 2.30. The fourth-order valence-electron chi connectivity index (χ4n) is 4.21. The number of aromatic nitrogens is 2. The number of hydrogen-bond donors (Lipinski definition) is 1. The minimum Gasteiger partial charge on any atom is -0.494 e. The molecule has 1 saturated heterocycles. The average Bonchev–Trinajstić information content (AvgIpc) is 3.33. The van der Waals surface area contributed by atoms with E-state index in [4.69, 9.17) is 4.74 Å². The van der Waals surface area contributed by atoms with Crippen LogP contribution in [0, 0.1) is 5.82 Å². The third-order valence-corrected chi connectivity index (χ3v) is 5.45. The lowest BCUT2D eigenvalue weighted by atomic mass is 10.0. The van der Waals surface area contributed by atoms with Crippen molar-refractivity contribution in [2.75, 3.05) is 18.1 Å². The lowest BCUT2D eigenvalue weighted by Crippen LogP contribution is -2.23. The van der Waals surface area contributed by atoms with Gasteiger partial charge in [0.25, 0.3) is 0 Å². The van der Waals surface area contributed by atoms with Crippen LogP contribution in [0.4, 0.5) is 10.1 Å². The van der Waals surface area contributed by atoms with Crippen molar-refractivity contribution in [1.82, 2.24) is 9.61 Å². The van der Waals surface area contributed by atoms with Gasteiger partial charge in [-0.15, -0.1) is 0 Å². The van der Waals surface area contributed by atoms with Crippen LogP contribution in [-0.2, 0) is 6.42 Å². The first-order valence-corrected chi connectivity index (χ1v) is 9.97. The number of benzene rings is 1. The summed E-state index contributed by atoms with van der Waals surface area (Å²) in [5.74, 6) is -0.575. The molecule has 3 heterocycles. The zero-order valence-electron chi connectivity index (χ0n) is 16.6. The molecule has 152 valence electrons. The van der Waals surface area contributed by atoms with Crippen molar-refractivity contribution in [3.05, 3.63) is 59.2 Å². The van der Waals surface area contributed by atoms with Crippen LogP contribution in [0.1, 0.15) is 54.3 Å². The molecule has 1 aromatic carbocycles. The van der Waals surface area contributed by atoms with Gasteiger partial charge in [0.2, 0.25) is 0 Å². The molecule has 0 unspecified atom stereocenters. The second-order valence-corrected chi connectivity index (χ2v) is 7.16. The zero-order chi connectivity index (χ0) is 20.5. The van der Waals surface area contributed by atoms with Gasteiger partial charge in [0.15, 0.2) is 0 Å². The Morgan fingerprint density at radius 3 is 2.86 bits per heavy atom. The molecular weight excluding hydrogens is 373 g/mol. The van der Waals surface area contributed by atoms with Crippen molar-refractivity contribution in [2.24, 2.45) is 0 Å². The Kier molecular flexibility index (Phi) is 5.13. The third kappa shape index (κ3) is 3.41. The van der Waals surface area contributed by atoms with Crippen LogP contribution in [0.2, 0.25) is 0 Å².